The highest BCUT2D eigenvalue weighted by Crippen LogP contribution is 2.35. The number of aliphatic hydroxyl groups excluding tert-OH is 1. The number of hydrogen-bond donors (Lipinski definition) is 2. The Hall–Kier alpha value is -0.610. The van der Waals surface area contributed by atoms with Crippen LogP contribution in [0.25, 0.3) is 0 Å². The largest absolute Gasteiger partial charge is 0.481 e. The van der Waals surface area contributed by atoms with Gasteiger partial charge in [0.2, 0.25) is 0 Å². The molecule has 2 N–H and O–H groups in total. The SMILES string of the molecule is CC(=O)O.OCC1(N2CCCC2)CCCCC1. The number of aliphatic hydroxyl groups is 1. The first kappa shape index (κ1) is 14.5. The van der Waals surface area contributed by atoms with Crippen molar-refractivity contribution in [2.45, 2.75) is 57.4 Å². The fourth-order valence-corrected chi connectivity index (χ4v) is 2.98. The van der Waals surface area contributed by atoms with Crippen molar-refractivity contribution >= 4 is 5.97 Å². The third-order valence-corrected chi connectivity index (χ3v) is 3.86. The molecule has 100 valence electrons. The van der Waals surface area contributed by atoms with Gasteiger partial charge in [-0.1, -0.05) is 19.3 Å². The summed E-state index contributed by atoms with van der Waals surface area (Å²) >= 11 is 0. The van der Waals surface area contributed by atoms with E-state index in [1.807, 2.05) is 0 Å². The van der Waals surface area contributed by atoms with Crippen LogP contribution in [0, 0.1) is 0 Å². The second-order valence-electron chi connectivity index (χ2n) is 5.16. The molecular weight excluding hydrogens is 218 g/mol. The van der Waals surface area contributed by atoms with Gasteiger partial charge in [0.1, 0.15) is 0 Å². The highest BCUT2D eigenvalue weighted by Gasteiger charge is 2.38. The summed E-state index contributed by atoms with van der Waals surface area (Å²) in [5.74, 6) is -0.833. The zero-order chi connectivity index (χ0) is 12.7. The fraction of sp³-hybridized carbons (Fsp3) is 0.923. The van der Waals surface area contributed by atoms with E-state index >= 15 is 0 Å². The van der Waals surface area contributed by atoms with Gasteiger partial charge in [-0.25, -0.2) is 0 Å². The summed E-state index contributed by atoms with van der Waals surface area (Å²) in [4.78, 5) is 11.5. The molecule has 0 radical (unpaired) electrons. The molecule has 2 rings (SSSR count). The first-order valence-corrected chi connectivity index (χ1v) is 6.66. The average Bonchev–Trinajstić information content (AvgIpc) is 2.83. The molecule has 2 fully saturated rings. The Kier molecular flexibility index (Phi) is 5.92. The van der Waals surface area contributed by atoms with Gasteiger partial charge in [-0.2, -0.15) is 0 Å². The van der Waals surface area contributed by atoms with E-state index in [1.54, 1.807) is 0 Å². The van der Waals surface area contributed by atoms with E-state index in [0.717, 1.165) is 6.92 Å². The summed E-state index contributed by atoms with van der Waals surface area (Å²) in [6.45, 7) is 3.91. The van der Waals surface area contributed by atoms with E-state index in [1.165, 1.54) is 58.0 Å². The number of nitrogens with zero attached hydrogens (tertiary/aromatic N) is 1. The minimum Gasteiger partial charge on any atom is -0.481 e. The van der Waals surface area contributed by atoms with Crippen LogP contribution in [-0.4, -0.2) is 46.3 Å². The molecule has 0 bridgehead atoms. The van der Waals surface area contributed by atoms with Crippen LogP contribution >= 0.6 is 0 Å². The Morgan fingerprint density at radius 3 is 2.00 bits per heavy atom. The average molecular weight is 243 g/mol. The van der Waals surface area contributed by atoms with Crippen LogP contribution in [0.1, 0.15) is 51.9 Å². The van der Waals surface area contributed by atoms with Gasteiger partial charge in [0.15, 0.2) is 0 Å². The monoisotopic (exact) mass is 243 g/mol. The van der Waals surface area contributed by atoms with Crippen molar-refractivity contribution in [1.82, 2.24) is 4.90 Å². The lowest BCUT2D eigenvalue weighted by Crippen LogP contribution is -2.51. The molecule has 0 aromatic heterocycles. The first-order chi connectivity index (χ1) is 8.10. The number of carboxylic acid groups (broad SMARTS) is 1. The minimum atomic E-state index is -0.833. The lowest BCUT2D eigenvalue weighted by atomic mass is 9.81. The van der Waals surface area contributed by atoms with Gasteiger partial charge in [0.25, 0.3) is 5.97 Å². The third kappa shape index (κ3) is 4.28. The maximum atomic E-state index is 9.56. The van der Waals surface area contributed by atoms with Crippen LogP contribution in [0.4, 0.5) is 0 Å². The molecule has 1 saturated carbocycles. The molecule has 0 spiro atoms. The fourth-order valence-electron chi connectivity index (χ4n) is 2.98. The smallest absolute Gasteiger partial charge is 0.300 e. The molecule has 17 heavy (non-hydrogen) atoms. The first-order valence-electron chi connectivity index (χ1n) is 6.66. The Balaban J connectivity index is 0.000000317. The number of carboxylic acids is 1. The van der Waals surface area contributed by atoms with Crippen molar-refractivity contribution in [1.29, 1.82) is 0 Å². The Bertz CT molecular complexity index is 227. The Morgan fingerprint density at radius 2 is 1.59 bits per heavy atom. The summed E-state index contributed by atoms with van der Waals surface area (Å²) in [5.41, 5.74) is 0.189. The minimum absolute atomic E-state index is 0.189. The molecule has 2 aliphatic rings. The lowest BCUT2D eigenvalue weighted by Gasteiger charge is -2.43. The summed E-state index contributed by atoms with van der Waals surface area (Å²) in [7, 11) is 0. The highest BCUT2D eigenvalue weighted by atomic mass is 16.4. The number of likely N-dealkylation sites (tertiary alicyclic amines) is 1. The van der Waals surface area contributed by atoms with E-state index in [-0.39, 0.29) is 5.54 Å². The molecule has 1 aliphatic heterocycles. The van der Waals surface area contributed by atoms with Gasteiger partial charge in [-0.05, 0) is 38.8 Å². The van der Waals surface area contributed by atoms with Crippen molar-refractivity contribution < 1.29 is 15.0 Å². The topological polar surface area (TPSA) is 60.8 Å². The molecule has 4 heteroatoms. The summed E-state index contributed by atoms with van der Waals surface area (Å²) in [5, 5.41) is 17.0. The van der Waals surface area contributed by atoms with Crippen LogP contribution < -0.4 is 0 Å². The van der Waals surface area contributed by atoms with Crippen molar-refractivity contribution in [3.8, 4) is 0 Å². The van der Waals surface area contributed by atoms with E-state index in [2.05, 4.69) is 4.90 Å². The van der Waals surface area contributed by atoms with Crippen LogP contribution in [0.5, 0.6) is 0 Å². The van der Waals surface area contributed by atoms with E-state index in [0.29, 0.717) is 6.61 Å². The molecule has 0 atom stereocenters. The molecule has 0 unspecified atom stereocenters. The van der Waals surface area contributed by atoms with Gasteiger partial charge in [-0.3, -0.25) is 9.69 Å². The summed E-state index contributed by atoms with van der Waals surface area (Å²) < 4.78 is 0. The van der Waals surface area contributed by atoms with Gasteiger partial charge in [0, 0.05) is 12.5 Å². The summed E-state index contributed by atoms with van der Waals surface area (Å²) in [6, 6.07) is 0. The van der Waals surface area contributed by atoms with Crippen LogP contribution in [0.15, 0.2) is 0 Å². The number of aliphatic carboxylic acids is 1. The van der Waals surface area contributed by atoms with Crippen molar-refractivity contribution in [2.24, 2.45) is 0 Å². The van der Waals surface area contributed by atoms with Gasteiger partial charge in [0.05, 0.1) is 6.61 Å². The van der Waals surface area contributed by atoms with Gasteiger partial charge in [-0.15, -0.1) is 0 Å². The maximum absolute atomic E-state index is 9.56. The van der Waals surface area contributed by atoms with Crippen LogP contribution in [0.3, 0.4) is 0 Å². The van der Waals surface area contributed by atoms with Crippen LogP contribution in [-0.2, 0) is 4.79 Å². The van der Waals surface area contributed by atoms with Gasteiger partial charge >= 0.3 is 0 Å². The molecule has 1 aliphatic carbocycles. The molecule has 1 heterocycles. The van der Waals surface area contributed by atoms with E-state index < -0.39 is 5.97 Å². The normalized spacial score (nSPS) is 23.9. The summed E-state index contributed by atoms with van der Waals surface area (Å²) in [6.07, 6.45) is 9.13. The molecule has 4 nitrogen and oxygen atoms in total. The van der Waals surface area contributed by atoms with E-state index in [9.17, 15) is 5.11 Å². The highest BCUT2D eigenvalue weighted by molar-refractivity contribution is 5.62. The zero-order valence-electron chi connectivity index (χ0n) is 10.8. The molecule has 0 aromatic carbocycles. The Morgan fingerprint density at radius 1 is 1.12 bits per heavy atom. The lowest BCUT2D eigenvalue weighted by molar-refractivity contribution is -0.134. The Labute approximate surface area is 104 Å². The molecule has 1 saturated heterocycles. The van der Waals surface area contributed by atoms with Crippen molar-refractivity contribution in [3.05, 3.63) is 0 Å². The van der Waals surface area contributed by atoms with Crippen LogP contribution in [0.2, 0.25) is 0 Å². The predicted octanol–water partition coefficient (Wildman–Crippen LogP) is 1.87. The van der Waals surface area contributed by atoms with E-state index in [4.69, 9.17) is 9.90 Å². The quantitative estimate of drug-likeness (QED) is 0.777. The zero-order valence-corrected chi connectivity index (χ0v) is 10.8. The van der Waals surface area contributed by atoms with Crippen molar-refractivity contribution in [3.63, 3.8) is 0 Å². The molecule has 0 amide bonds. The second-order valence-corrected chi connectivity index (χ2v) is 5.16. The molecule has 0 aromatic rings. The predicted molar refractivity (Wildman–Crippen MR) is 67.0 cm³/mol. The molecular formula is C13H25NO3. The second kappa shape index (κ2) is 6.97. The number of rotatable bonds is 2. The maximum Gasteiger partial charge on any atom is 0.300 e. The standard InChI is InChI=1S/C11H21NO.C2H4O2/c13-10-11(6-2-1-3-7-11)12-8-4-5-9-12;1-2(3)4/h13H,1-10H2;1H3,(H,3,4). The van der Waals surface area contributed by atoms with Gasteiger partial charge < -0.3 is 10.2 Å². The number of hydrogen-bond acceptors (Lipinski definition) is 3. The number of carbonyl (C=O) groups is 1. The van der Waals surface area contributed by atoms with Crippen molar-refractivity contribution in [2.75, 3.05) is 19.7 Å². The third-order valence-electron chi connectivity index (χ3n) is 3.86.